The molecule has 0 atom stereocenters. The highest BCUT2D eigenvalue weighted by Gasteiger charge is 2.00. The predicted molar refractivity (Wildman–Crippen MR) is 55.9 cm³/mol. The van der Waals surface area contributed by atoms with E-state index in [9.17, 15) is 4.39 Å². The number of ether oxygens (including phenoxy) is 1. The van der Waals surface area contributed by atoms with Crippen molar-refractivity contribution in [2.75, 3.05) is 13.2 Å². The quantitative estimate of drug-likeness (QED) is 0.915. The Balaban J connectivity index is 0.00000144. The Morgan fingerprint density at radius 2 is 2.15 bits per heavy atom. The van der Waals surface area contributed by atoms with Crippen molar-refractivity contribution < 1.29 is 9.13 Å². The summed E-state index contributed by atoms with van der Waals surface area (Å²) in [4.78, 5) is 0. The SMILES string of the molecule is Cl.NCCOc1ccc(F)cc1Br. The maximum atomic E-state index is 12.6. The molecule has 1 rings (SSSR count). The van der Waals surface area contributed by atoms with Crippen molar-refractivity contribution in [3.63, 3.8) is 0 Å². The minimum absolute atomic E-state index is 0. The number of rotatable bonds is 3. The molecule has 0 unspecified atom stereocenters. The fraction of sp³-hybridized carbons (Fsp3) is 0.250. The zero-order valence-corrected chi connectivity index (χ0v) is 9.20. The second kappa shape index (κ2) is 6.18. The van der Waals surface area contributed by atoms with Crippen LogP contribution in [-0.4, -0.2) is 13.2 Å². The molecule has 0 spiro atoms. The summed E-state index contributed by atoms with van der Waals surface area (Å²) in [6, 6.07) is 4.26. The van der Waals surface area contributed by atoms with Crippen LogP contribution in [0.4, 0.5) is 4.39 Å². The number of hydrogen-bond acceptors (Lipinski definition) is 2. The van der Waals surface area contributed by atoms with Crippen LogP contribution < -0.4 is 10.5 Å². The standard InChI is InChI=1S/C8H9BrFNO.ClH/c9-7-5-6(10)1-2-8(7)12-4-3-11;/h1-2,5H,3-4,11H2;1H. The first-order chi connectivity index (χ1) is 5.74. The maximum absolute atomic E-state index is 12.6. The van der Waals surface area contributed by atoms with Crippen molar-refractivity contribution >= 4 is 28.3 Å². The van der Waals surface area contributed by atoms with Gasteiger partial charge in [-0.05, 0) is 34.1 Å². The molecule has 0 fully saturated rings. The van der Waals surface area contributed by atoms with Gasteiger partial charge in [0.15, 0.2) is 0 Å². The molecule has 13 heavy (non-hydrogen) atoms. The molecule has 0 aliphatic carbocycles. The first kappa shape index (κ1) is 12.7. The van der Waals surface area contributed by atoms with E-state index in [1.165, 1.54) is 12.1 Å². The monoisotopic (exact) mass is 269 g/mol. The molecule has 0 aliphatic rings. The predicted octanol–water partition coefficient (Wildman–Crippen LogP) is 2.35. The molecule has 0 saturated heterocycles. The van der Waals surface area contributed by atoms with Crippen molar-refractivity contribution in [2.24, 2.45) is 5.73 Å². The number of nitrogens with two attached hydrogens (primary N) is 1. The summed E-state index contributed by atoms with van der Waals surface area (Å²) in [6.45, 7) is 0.883. The highest BCUT2D eigenvalue weighted by atomic mass is 79.9. The number of benzene rings is 1. The summed E-state index contributed by atoms with van der Waals surface area (Å²) in [7, 11) is 0. The molecule has 0 aromatic heterocycles. The molecule has 74 valence electrons. The van der Waals surface area contributed by atoms with Gasteiger partial charge < -0.3 is 10.5 Å². The van der Waals surface area contributed by atoms with Gasteiger partial charge in [-0.15, -0.1) is 12.4 Å². The molecule has 2 N–H and O–H groups in total. The van der Waals surface area contributed by atoms with E-state index in [4.69, 9.17) is 10.5 Å². The van der Waals surface area contributed by atoms with Crippen molar-refractivity contribution in [3.8, 4) is 5.75 Å². The van der Waals surface area contributed by atoms with Gasteiger partial charge in [-0.2, -0.15) is 0 Å². The van der Waals surface area contributed by atoms with Crippen LogP contribution in [0.5, 0.6) is 5.75 Å². The van der Waals surface area contributed by atoms with Gasteiger partial charge in [0, 0.05) is 6.54 Å². The van der Waals surface area contributed by atoms with Crippen LogP contribution >= 0.6 is 28.3 Å². The van der Waals surface area contributed by atoms with E-state index in [-0.39, 0.29) is 18.2 Å². The summed E-state index contributed by atoms with van der Waals surface area (Å²) in [5.41, 5.74) is 5.24. The van der Waals surface area contributed by atoms with Crippen LogP contribution in [0.2, 0.25) is 0 Å². The Hall–Kier alpha value is -0.320. The van der Waals surface area contributed by atoms with Crippen LogP contribution in [0, 0.1) is 5.82 Å². The number of halogens is 3. The van der Waals surface area contributed by atoms with Gasteiger partial charge >= 0.3 is 0 Å². The smallest absolute Gasteiger partial charge is 0.133 e. The zero-order valence-electron chi connectivity index (χ0n) is 6.80. The van der Waals surface area contributed by atoms with Gasteiger partial charge in [0.1, 0.15) is 18.2 Å². The van der Waals surface area contributed by atoms with E-state index >= 15 is 0 Å². The van der Waals surface area contributed by atoms with Crippen molar-refractivity contribution in [1.82, 2.24) is 0 Å². The third kappa shape index (κ3) is 3.93. The van der Waals surface area contributed by atoms with E-state index in [2.05, 4.69) is 15.9 Å². The Morgan fingerprint density at radius 3 is 2.69 bits per heavy atom. The Labute approximate surface area is 90.8 Å². The highest BCUT2D eigenvalue weighted by molar-refractivity contribution is 9.10. The Morgan fingerprint density at radius 1 is 1.46 bits per heavy atom. The van der Waals surface area contributed by atoms with Crippen molar-refractivity contribution in [2.45, 2.75) is 0 Å². The minimum Gasteiger partial charge on any atom is -0.491 e. The Kier molecular flexibility index (Phi) is 6.03. The molecule has 2 nitrogen and oxygen atoms in total. The fourth-order valence-corrected chi connectivity index (χ4v) is 1.23. The van der Waals surface area contributed by atoms with Gasteiger partial charge in [0.05, 0.1) is 4.47 Å². The molecule has 0 radical (unpaired) electrons. The van der Waals surface area contributed by atoms with Gasteiger partial charge in [-0.3, -0.25) is 0 Å². The fourth-order valence-electron chi connectivity index (χ4n) is 0.761. The zero-order chi connectivity index (χ0) is 8.97. The molecular formula is C8H10BrClFNO. The summed E-state index contributed by atoms with van der Waals surface area (Å²) >= 11 is 3.17. The van der Waals surface area contributed by atoms with Crippen molar-refractivity contribution in [1.29, 1.82) is 0 Å². The van der Waals surface area contributed by atoms with Crippen LogP contribution in [-0.2, 0) is 0 Å². The lowest BCUT2D eigenvalue weighted by Gasteiger charge is -2.05. The molecule has 0 aliphatic heterocycles. The van der Waals surface area contributed by atoms with Crippen LogP contribution in [0.25, 0.3) is 0 Å². The first-order valence-corrected chi connectivity index (χ1v) is 4.31. The second-order valence-electron chi connectivity index (χ2n) is 2.21. The largest absolute Gasteiger partial charge is 0.491 e. The van der Waals surface area contributed by atoms with E-state index in [0.717, 1.165) is 0 Å². The van der Waals surface area contributed by atoms with Gasteiger partial charge in [0.25, 0.3) is 0 Å². The van der Waals surface area contributed by atoms with Crippen molar-refractivity contribution in [3.05, 3.63) is 28.5 Å². The lowest BCUT2D eigenvalue weighted by atomic mass is 10.3. The van der Waals surface area contributed by atoms with Crippen LogP contribution in [0.3, 0.4) is 0 Å². The first-order valence-electron chi connectivity index (χ1n) is 3.52. The molecule has 0 amide bonds. The average Bonchev–Trinajstić information content (AvgIpc) is 2.03. The third-order valence-corrected chi connectivity index (χ3v) is 1.89. The number of hydrogen-bond donors (Lipinski definition) is 1. The molecule has 0 saturated carbocycles. The highest BCUT2D eigenvalue weighted by Crippen LogP contribution is 2.25. The van der Waals surface area contributed by atoms with E-state index in [1.807, 2.05) is 0 Å². The third-order valence-electron chi connectivity index (χ3n) is 1.27. The topological polar surface area (TPSA) is 35.2 Å². The average molecular weight is 271 g/mol. The minimum atomic E-state index is -0.290. The lowest BCUT2D eigenvalue weighted by molar-refractivity contribution is 0.325. The van der Waals surface area contributed by atoms with Gasteiger partial charge in [-0.25, -0.2) is 4.39 Å². The summed E-state index contributed by atoms with van der Waals surface area (Å²) in [6.07, 6.45) is 0. The molecule has 0 heterocycles. The van der Waals surface area contributed by atoms with Gasteiger partial charge in [0.2, 0.25) is 0 Å². The van der Waals surface area contributed by atoms with Crippen LogP contribution in [0.1, 0.15) is 0 Å². The van der Waals surface area contributed by atoms with Crippen LogP contribution in [0.15, 0.2) is 22.7 Å². The van der Waals surface area contributed by atoms with E-state index in [0.29, 0.717) is 23.4 Å². The summed E-state index contributed by atoms with van der Waals surface area (Å²) in [5.74, 6) is 0.323. The molecule has 1 aromatic carbocycles. The molecule has 1 aromatic rings. The second-order valence-corrected chi connectivity index (χ2v) is 3.07. The molecule has 5 heteroatoms. The summed E-state index contributed by atoms with van der Waals surface area (Å²) < 4.78 is 18.4. The lowest BCUT2D eigenvalue weighted by Crippen LogP contribution is -2.10. The van der Waals surface area contributed by atoms with E-state index in [1.54, 1.807) is 6.07 Å². The Bertz CT molecular complexity index is 272. The summed E-state index contributed by atoms with van der Waals surface area (Å²) in [5, 5.41) is 0. The maximum Gasteiger partial charge on any atom is 0.133 e. The molecule has 0 bridgehead atoms. The van der Waals surface area contributed by atoms with Gasteiger partial charge in [-0.1, -0.05) is 0 Å². The van der Waals surface area contributed by atoms with E-state index < -0.39 is 0 Å². The molecular weight excluding hydrogens is 260 g/mol. The normalized spacial score (nSPS) is 9.15.